The molecule has 0 spiro atoms. The Labute approximate surface area is 124 Å². The number of aromatic nitrogens is 2. The largest absolute Gasteiger partial charge is 0.313 e. The third kappa shape index (κ3) is 3.38. The molecular weight excluding hydrogens is 304 g/mol. The van der Waals surface area contributed by atoms with Gasteiger partial charge in [0.05, 0.1) is 15.9 Å². The summed E-state index contributed by atoms with van der Waals surface area (Å²) in [5.41, 5.74) is 2.45. The van der Waals surface area contributed by atoms with E-state index in [0.29, 0.717) is 12.1 Å². The van der Waals surface area contributed by atoms with Crippen molar-refractivity contribution >= 4 is 15.9 Å². The van der Waals surface area contributed by atoms with Gasteiger partial charge in [-0.15, -0.1) is 0 Å². The Kier molecular flexibility index (Phi) is 5.03. The Morgan fingerprint density at radius 1 is 1.42 bits per heavy atom. The minimum absolute atomic E-state index is 0.558. The van der Waals surface area contributed by atoms with Crippen molar-refractivity contribution in [2.24, 2.45) is 7.05 Å². The fourth-order valence-electron chi connectivity index (χ4n) is 2.72. The first-order valence-corrected chi connectivity index (χ1v) is 7.99. The Morgan fingerprint density at radius 2 is 2.16 bits per heavy atom. The monoisotopic (exact) mass is 328 g/mol. The fraction of sp³-hybridized carbons (Fsp3) is 0.786. The van der Waals surface area contributed by atoms with Crippen molar-refractivity contribution in [1.29, 1.82) is 0 Å². The van der Waals surface area contributed by atoms with E-state index in [9.17, 15) is 0 Å². The molecule has 0 aliphatic carbocycles. The van der Waals surface area contributed by atoms with E-state index >= 15 is 0 Å². The lowest BCUT2D eigenvalue weighted by atomic mass is 10.2. The summed E-state index contributed by atoms with van der Waals surface area (Å²) < 4.78 is 3.22. The van der Waals surface area contributed by atoms with Gasteiger partial charge in [-0.3, -0.25) is 9.58 Å². The van der Waals surface area contributed by atoms with Gasteiger partial charge in [0.1, 0.15) is 0 Å². The molecule has 1 aliphatic heterocycles. The molecule has 2 heterocycles. The molecule has 0 aromatic carbocycles. The molecular formula is C14H25BrN4. The molecule has 1 aromatic heterocycles. The zero-order valence-electron chi connectivity index (χ0n) is 12.4. The van der Waals surface area contributed by atoms with Crippen molar-refractivity contribution in [2.75, 3.05) is 13.1 Å². The Morgan fingerprint density at radius 3 is 2.79 bits per heavy atom. The van der Waals surface area contributed by atoms with E-state index in [-0.39, 0.29) is 0 Å². The molecule has 1 saturated heterocycles. The van der Waals surface area contributed by atoms with Crippen molar-refractivity contribution in [3.8, 4) is 0 Å². The Balaban J connectivity index is 2.17. The summed E-state index contributed by atoms with van der Waals surface area (Å²) in [7, 11) is 2.05. The predicted octanol–water partition coefficient (Wildman–Crippen LogP) is 2.32. The van der Waals surface area contributed by atoms with E-state index in [2.05, 4.69) is 52.0 Å². The summed E-state index contributed by atoms with van der Waals surface area (Å²) in [6, 6.07) is 1.17. The molecule has 2 rings (SSSR count). The summed E-state index contributed by atoms with van der Waals surface area (Å²) in [4.78, 5) is 2.56. The highest BCUT2D eigenvalue weighted by atomic mass is 79.9. The van der Waals surface area contributed by atoms with Crippen molar-refractivity contribution in [2.45, 2.75) is 52.2 Å². The minimum atomic E-state index is 0.558. The lowest BCUT2D eigenvalue weighted by molar-refractivity contribution is 0.193. The van der Waals surface area contributed by atoms with Gasteiger partial charge in [0.2, 0.25) is 0 Å². The number of hydrogen-bond acceptors (Lipinski definition) is 3. The molecule has 2 atom stereocenters. The summed E-state index contributed by atoms with van der Waals surface area (Å²) >= 11 is 3.72. The zero-order valence-corrected chi connectivity index (χ0v) is 14.0. The Bertz CT molecular complexity index is 429. The quantitative estimate of drug-likeness (QED) is 0.924. The van der Waals surface area contributed by atoms with Gasteiger partial charge in [0.25, 0.3) is 0 Å². The molecule has 4 nitrogen and oxygen atoms in total. The number of rotatable bonds is 3. The maximum absolute atomic E-state index is 4.59. The van der Waals surface area contributed by atoms with Gasteiger partial charge in [0, 0.05) is 32.2 Å². The van der Waals surface area contributed by atoms with E-state index in [4.69, 9.17) is 0 Å². The predicted molar refractivity (Wildman–Crippen MR) is 82.2 cm³/mol. The molecule has 1 aliphatic rings. The lowest BCUT2D eigenvalue weighted by Crippen LogP contribution is -2.38. The Hall–Kier alpha value is -0.390. The van der Waals surface area contributed by atoms with E-state index in [0.717, 1.165) is 31.7 Å². The van der Waals surface area contributed by atoms with Gasteiger partial charge < -0.3 is 5.32 Å². The van der Waals surface area contributed by atoms with Gasteiger partial charge in [-0.05, 0) is 49.2 Å². The van der Waals surface area contributed by atoms with E-state index < -0.39 is 0 Å². The standard InChI is InChI=1S/C14H25BrN4/c1-5-12-14(15)13(18(4)17-12)9-19-8-10(2)16-7-6-11(19)3/h10-11,16H,5-9H2,1-4H3. The van der Waals surface area contributed by atoms with Crippen molar-refractivity contribution in [3.05, 3.63) is 15.9 Å². The van der Waals surface area contributed by atoms with Crippen LogP contribution < -0.4 is 5.32 Å². The second-order valence-electron chi connectivity index (χ2n) is 5.61. The van der Waals surface area contributed by atoms with Crippen LogP contribution in [0.15, 0.2) is 4.47 Å². The molecule has 19 heavy (non-hydrogen) atoms. The summed E-state index contributed by atoms with van der Waals surface area (Å²) in [5, 5.41) is 8.15. The summed E-state index contributed by atoms with van der Waals surface area (Å²) in [6.45, 7) is 9.92. The van der Waals surface area contributed by atoms with Crippen LogP contribution in [-0.4, -0.2) is 39.9 Å². The van der Waals surface area contributed by atoms with Crippen molar-refractivity contribution in [3.63, 3.8) is 0 Å². The van der Waals surface area contributed by atoms with Crippen LogP contribution in [0.4, 0.5) is 0 Å². The van der Waals surface area contributed by atoms with Crippen molar-refractivity contribution in [1.82, 2.24) is 20.0 Å². The van der Waals surface area contributed by atoms with E-state index in [1.165, 1.54) is 16.6 Å². The molecule has 1 aromatic rings. The topological polar surface area (TPSA) is 33.1 Å². The number of aryl methyl sites for hydroxylation is 2. The van der Waals surface area contributed by atoms with Gasteiger partial charge in [-0.1, -0.05) is 6.92 Å². The molecule has 1 fully saturated rings. The van der Waals surface area contributed by atoms with Gasteiger partial charge in [0.15, 0.2) is 0 Å². The highest BCUT2D eigenvalue weighted by molar-refractivity contribution is 9.10. The smallest absolute Gasteiger partial charge is 0.0767 e. The molecule has 5 heteroatoms. The second-order valence-corrected chi connectivity index (χ2v) is 6.40. The average Bonchev–Trinajstić information content (AvgIpc) is 2.54. The van der Waals surface area contributed by atoms with Crippen LogP contribution in [0.25, 0.3) is 0 Å². The first-order chi connectivity index (χ1) is 9.02. The minimum Gasteiger partial charge on any atom is -0.313 e. The molecule has 2 unspecified atom stereocenters. The lowest BCUT2D eigenvalue weighted by Gasteiger charge is -2.28. The molecule has 0 saturated carbocycles. The van der Waals surface area contributed by atoms with Crippen LogP contribution in [0.2, 0.25) is 0 Å². The van der Waals surface area contributed by atoms with Crippen LogP contribution in [0, 0.1) is 0 Å². The summed E-state index contributed by atoms with van der Waals surface area (Å²) in [5.74, 6) is 0. The number of halogens is 1. The van der Waals surface area contributed by atoms with Crippen LogP contribution in [0.3, 0.4) is 0 Å². The highest BCUT2D eigenvalue weighted by Crippen LogP contribution is 2.24. The number of nitrogens with zero attached hydrogens (tertiary/aromatic N) is 3. The maximum Gasteiger partial charge on any atom is 0.0767 e. The third-order valence-electron chi connectivity index (χ3n) is 4.04. The average molecular weight is 329 g/mol. The first kappa shape index (κ1) is 15.0. The van der Waals surface area contributed by atoms with Crippen LogP contribution in [-0.2, 0) is 20.0 Å². The van der Waals surface area contributed by atoms with Crippen LogP contribution in [0.5, 0.6) is 0 Å². The number of nitrogens with one attached hydrogen (secondary N) is 1. The fourth-order valence-corrected chi connectivity index (χ4v) is 3.46. The maximum atomic E-state index is 4.59. The molecule has 0 amide bonds. The van der Waals surface area contributed by atoms with Crippen LogP contribution in [0.1, 0.15) is 38.6 Å². The molecule has 1 N–H and O–H groups in total. The third-order valence-corrected chi connectivity index (χ3v) is 4.96. The van der Waals surface area contributed by atoms with Gasteiger partial charge >= 0.3 is 0 Å². The van der Waals surface area contributed by atoms with Crippen molar-refractivity contribution < 1.29 is 0 Å². The highest BCUT2D eigenvalue weighted by Gasteiger charge is 2.23. The normalized spacial score (nSPS) is 25.5. The van der Waals surface area contributed by atoms with Crippen LogP contribution >= 0.6 is 15.9 Å². The zero-order chi connectivity index (χ0) is 14.0. The molecule has 0 bridgehead atoms. The second kappa shape index (κ2) is 6.37. The SMILES string of the molecule is CCc1nn(C)c(CN2CC(C)NCCC2C)c1Br. The number of hydrogen-bond donors (Lipinski definition) is 1. The van der Waals surface area contributed by atoms with E-state index in [1.807, 2.05) is 11.7 Å². The summed E-state index contributed by atoms with van der Waals surface area (Å²) in [6.07, 6.45) is 2.18. The first-order valence-electron chi connectivity index (χ1n) is 7.20. The van der Waals surface area contributed by atoms with Gasteiger partial charge in [-0.2, -0.15) is 5.10 Å². The van der Waals surface area contributed by atoms with Gasteiger partial charge in [-0.25, -0.2) is 0 Å². The molecule has 0 radical (unpaired) electrons. The van der Waals surface area contributed by atoms with E-state index in [1.54, 1.807) is 0 Å². The molecule has 108 valence electrons.